The van der Waals surface area contributed by atoms with Gasteiger partial charge in [-0.15, -0.1) is 0 Å². The van der Waals surface area contributed by atoms with Gasteiger partial charge in [-0.25, -0.2) is 4.79 Å². The first-order chi connectivity index (χ1) is 14.5. The van der Waals surface area contributed by atoms with Crippen molar-refractivity contribution in [1.82, 2.24) is 9.47 Å². The normalized spacial score (nSPS) is 22.9. The van der Waals surface area contributed by atoms with Crippen molar-refractivity contribution in [3.8, 4) is 11.1 Å². The minimum Gasteiger partial charge on any atom is -0.478 e. The molecule has 1 aromatic carbocycles. The molecular formula is C24H26N2O4. The van der Waals surface area contributed by atoms with Crippen LogP contribution < -0.4 is 5.56 Å². The zero-order valence-electron chi connectivity index (χ0n) is 16.9. The number of aromatic nitrogens is 1. The number of hydrogen-bond donors (Lipinski definition) is 1. The molecule has 3 aliphatic rings. The lowest BCUT2D eigenvalue weighted by Crippen LogP contribution is -2.49. The van der Waals surface area contributed by atoms with Crippen LogP contribution in [0.15, 0.2) is 41.2 Å². The van der Waals surface area contributed by atoms with Gasteiger partial charge in [-0.05, 0) is 60.4 Å². The number of rotatable bonds is 4. The lowest BCUT2D eigenvalue weighted by atomic mass is 9.80. The maximum absolute atomic E-state index is 12.9. The highest BCUT2D eigenvalue weighted by molar-refractivity contribution is 5.88. The molecule has 2 aromatic rings. The van der Waals surface area contributed by atoms with Crippen LogP contribution in [0.5, 0.6) is 0 Å². The highest BCUT2D eigenvalue weighted by Crippen LogP contribution is 2.38. The number of aromatic carboxylic acids is 1. The van der Waals surface area contributed by atoms with Crippen LogP contribution in [0.2, 0.25) is 0 Å². The largest absolute Gasteiger partial charge is 0.478 e. The molecule has 1 saturated heterocycles. The van der Waals surface area contributed by atoms with E-state index in [1.165, 1.54) is 19.3 Å². The summed E-state index contributed by atoms with van der Waals surface area (Å²) in [4.78, 5) is 38.8. The first-order valence-corrected chi connectivity index (χ1v) is 10.8. The third-order valence-corrected chi connectivity index (χ3v) is 7.06. The van der Waals surface area contributed by atoms with E-state index in [-0.39, 0.29) is 22.9 Å². The van der Waals surface area contributed by atoms with Crippen LogP contribution in [-0.2, 0) is 11.3 Å². The van der Waals surface area contributed by atoms with Crippen LogP contribution in [0.4, 0.5) is 0 Å². The van der Waals surface area contributed by atoms with Gasteiger partial charge in [0.05, 0.1) is 5.56 Å². The molecule has 3 heterocycles. The van der Waals surface area contributed by atoms with E-state index in [1.807, 2.05) is 9.47 Å². The maximum Gasteiger partial charge on any atom is 0.335 e. The predicted octanol–water partition coefficient (Wildman–Crippen LogP) is 3.35. The van der Waals surface area contributed by atoms with Crippen LogP contribution in [0, 0.1) is 11.8 Å². The van der Waals surface area contributed by atoms with Crippen LogP contribution >= 0.6 is 0 Å². The number of benzene rings is 1. The summed E-state index contributed by atoms with van der Waals surface area (Å²) in [5.74, 6) is 0.376. The van der Waals surface area contributed by atoms with E-state index in [2.05, 4.69) is 6.07 Å². The standard InChI is InChI=1S/C24H26N2O4/c27-22(9-15-2-1-3-15)25-12-16-8-20(14-25)21-10-19(11-23(28)26(21)13-16)17-4-6-18(7-5-17)24(29)30/h4-7,10-11,15-16,20H,1-3,8-9,12-14H2,(H,29,30)/t16-,20+/m0/s1. The van der Waals surface area contributed by atoms with E-state index in [1.54, 1.807) is 30.3 Å². The Labute approximate surface area is 175 Å². The molecule has 2 fully saturated rings. The Morgan fingerprint density at radius 3 is 2.43 bits per heavy atom. The number of carboxylic acids is 1. The van der Waals surface area contributed by atoms with Crippen LogP contribution in [0.25, 0.3) is 11.1 Å². The number of pyridine rings is 1. The van der Waals surface area contributed by atoms with Gasteiger partial charge < -0.3 is 14.6 Å². The molecule has 1 N–H and O–H groups in total. The Hall–Kier alpha value is -2.89. The van der Waals surface area contributed by atoms with Crippen LogP contribution in [0.3, 0.4) is 0 Å². The van der Waals surface area contributed by atoms with E-state index in [0.29, 0.717) is 31.3 Å². The molecule has 0 unspecified atom stereocenters. The molecule has 156 valence electrons. The fraction of sp³-hybridized carbons (Fsp3) is 0.458. The van der Waals surface area contributed by atoms with Gasteiger partial charge in [0.15, 0.2) is 0 Å². The number of amides is 1. The van der Waals surface area contributed by atoms with E-state index >= 15 is 0 Å². The SMILES string of the molecule is O=C(O)c1ccc(-c2cc3n(c(=O)c2)C[C@H]2C[C@@H]3CN(C(=O)CC3CCC3)C2)cc1. The van der Waals surface area contributed by atoms with Gasteiger partial charge in [0, 0.05) is 43.7 Å². The summed E-state index contributed by atoms with van der Waals surface area (Å²) in [6, 6.07) is 10.3. The molecule has 2 aliphatic heterocycles. The number of carbonyl (C=O) groups is 2. The predicted molar refractivity (Wildman–Crippen MR) is 112 cm³/mol. The second-order valence-corrected chi connectivity index (χ2v) is 9.10. The summed E-state index contributed by atoms with van der Waals surface area (Å²) in [5.41, 5.74) is 2.84. The molecule has 2 bridgehead atoms. The quantitative estimate of drug-likeness (QED) is 0.845. The van der Waals surface area contributed by atoms with Gasteiger partial charge in [0.2, 0.25) is 5.91 Å². The van der Waals surface area contributed by atoms with E-state index in [4.69, 9.17) is 5.11 Å². The minimum absolute atomic E-state index is 0.0197. The second-order valence-electron chi connectivity index (χ2n) is 9.10. The van der Waals surface area contributed by atoms with Gasteiger partial charge in [-0.2, -0.15) is 0 Å². The number of nitrogens with zero attached hydrogens (tertiary/aromatic N) is 2. The summed E-state index contributed by atoms with van der Waals surface area (Å²) in [7, 11) is 0. The Kier molecular flexibility index (Phi) is 4.72. The van der Waals surface area contributed by atoms with Gasteiger partial charge in [-0.3, -0.25) is 9.59 Å². The molecule has 6 heteroatoms. The van der Waals surface area contributed by atoms with Crippen LogP contribution in [0.1, 0.15) is 54.1 Å². The topological polar surface area (TPSA) is 79.6 Å². The molecule has 0 spiro atoms. The highest BCUT2D eigenvalue weighted by Gasteiger charge is 2.37. The fourth-order valence-corrected chi connectivity index (χ4v) is 5.21. The molecule has 6 nitrogen and oxygen atoms in total. The molecule has 2 atom stereocenters. The first-order valence-electron chi connectivity index (χ1n) is 10.8. The van der Waals surface area contributed by atoms with Crippen molar-refractivity contribution in [2.75, 3.05) is 13.1 Å². The molecule has 1 saturated carbocycles. The third-order valence-electron chi connectivity index (χ3n) is 7.06. The van der Waals surface area contributed by atoms with Gasteiger partial charge in [0.25, 0.3) is 5.56 Å². The second kappa shape index (κ2) is 7.42. The minimum atomic E-state index is -0.966. The van der Waals surface area contributed by atoms with E-state index in [9.17, 15) is 14.4 Å². The van der Waals surface area contributed by atoms with Crippen molar-refractivity contribution in [2.24, 2.45) is 11.8 Å². The summed E-state index contributed by atoms with van der Waals surface area (Å²) >= 11 is 0. The van der Waals surface area contributed by atoms with Gasteiger partial charge in [0.1, 0.15) is 0 Å². The lowest BCUT2D eigenvalue weighted by molar-refractivity contribution is -0.135. The van der Waals surface area contributed by atoms with Crippen molar-refractivity contribution in [1.29, 1.82) is 0 Å². The Bertz CT molecular complexity index is 1050. The molecule has 1 aromatic heterocycles. The Morgan fingerprint density at radius 2 is 1.77 bits per heavy atom. The van der Waals surface area contributed by atoms with Crippen molar-refractivity contribution in [3.63, 3.8) is 0 Å². The number of carboxylic acid groups (broad SMARTS) is 1. The number of carbonyl (C=O) groups excluding carboxylic acids is 1. The number of piperidine rings is 1. The summed E-state index contributed by atoms with van der Waals surface area (Å²) in [6.45, 7) is 2.10. The molecular weight excluding hydrogens is 380 g/mol. The van der Waals surface area contributed by atoms with E-state index < -0.39 is 5.97 Å². The molecule has 0 radical (unpaired) electrons. The zero-order chi connectivity index (χ0) is 20.8. The smallest absolute Gasteiger partial charge is 0.335 e. The number of likely N-dealkylation sites (tertiary alicyclic amines) is 1. The molecule has 1 amide bonds. The molecule has 5 rings (SSSR count). The van der Waals surface area contributed by atoms with Crippen molar-refractivity contribution in [2.45, 2.75) is 44.6 Å². The molecule has 30 heavy (non-hydrogen) atoms. The molecule has 1 aliphatic carbocycles. The van der Waals surface area contributed by atoms with Crippen molar-refractivity contribution < 1.29 is 14.7 Å². The Morgan fingerprint density at radius 1 is 1.00 bits per heavy atom. The summed E-state index contributed by atoms with van der Waals surface area (Å²) in [5, 5.41) is 9.10. The maximum atomic E-state index is 12.9. The van der Waals surface area contributed by atoms with Gasteiger partial charge >= 0.3 is 5.97 Å². The average molecular weight is 406 g/mol. The average Bonchev–Trinajstić information content (AvgIpc) is 2.71. The third kappa shape index (κ3) is 3.44. The monoisotopic (exact) mass is 406 g/mol. The summed E-state index contributed by atoms with van der Waals surface area (Å²) in [6.07, 6.45) is 5.27. The first kappa shape index (κ1) is 19.1. The fourth-order valence-electron chi connectivity index (χ4n) is 5.21. The Balaban J connectivity index is 1.42. The number of fused-ring (bicyclic) bond motifs is 4. The summed E-state index contributed by atoms with van der Waals surface area (Å²) < 4.78 is 1.88. The van der Waals surface area contributed by atoms with Crippen LogP contribution in [-0.4, -0.2) is 39.5 Å². The van der Waals surface area contributed by atoms with Crippen molar-refractivity contribution in [3.05, 3.63) is 58.0 Å². The zero-order valence-corrected chi connectivity index (χ0v) is 16.9. The van der Waals surface area contributed by atoms with Crippen molar-refractivity contribution >= 4 is 11.9 Å². The van der Waals surface area contributed by atoms with Gasteiger partial charge in [-0.1, -0.05) is 18.6 Å². The number of hydrogen-bond acceptors (Lipinski definition) is 3. The van der Waals surface area contributed by atoms with E-state index in [0.717, 1.165) is 29.8 Å². The highest BCUT2D eigenvalue weighted by atomic mass is 16.4. The lowest BCUT2D eigenvalue weighted by Gasteiger charge is -2.43.